The molecule has 5 N–H and O–H groups in total. The molecule has 0 aliphatic rings. The second-order valence-corrected chi connectivity index (χ2v) is 7.92. The van der Waals surface area contributed by atoms with Gasteiger partial charge in [0, 0.05) is 18.3 Å². The molecule has 0 radical (unpaired) electrons. The van der Waals surface area contributed by atoms with E-state index in [0.717, 1.165) is 5.56 Å². The number of aromatic nitrogens is 4. The molecule has 0 unspecified atom stereocenters. The zero-order valence-corrected chi connectivity index (χ0v) is 17.4. The molecule has 2 aromatic carbocycles. The van der Waals surface area contributed by atoms with Gasteiger partial charge in [0.1, 0.15) is 17.1 Å². The molecule has 0 bridgehead atoms. The van der Waals surface area contributed by atoms with Gasteiger partial charge >= 0.3 is 5.97 Å². The number of H-pyrrole nitrogens is 2. The van der Waals surface area contributed by atoms with E-state index in [0.29, 0.717) is 21.9 Å². The van der Waals surface area contributed by atoms with E-state index >= 15 is 0 Å². The van der Waals surface area contributed by atoms with Gasteiger partial charge in [-0.3, -0.25) is 4.79 Å². The number of imidazole rings is 1. The van der Waals surface area contributed by atoms with Crippen molar-refractivity contribution in [3.8, 4) is 11.1 Å². The van der Waals surface area contributed by atoms with Crippen LogP contribution in [-0.4, -0.2) is 30.6 Å². The maximum Gasteiger partial charge on any atom is 0.353 e. The van der Waals surface area contributed by atoms with Crippen LogP contribution < -0.4 is 11.3 Å². The van der Waals surface area contributed by atoms with E-state index < -0.39 is 17.3 Å². The fourth-order valence-electron chi connectivity index (χ4n) is 4.53. The molecule has 0 atom stereocenters. The Morgan fingerprint density at radius 2 is 2.09 bits per heavy atom. The lowest BCUT2D eigenvalue weighted by atomic mass is 10.0. The molecule has 0 fully saturated rings. The van der Waals surface area contributed by atoms with Crippen LogP contribution in [0.5, 0.6) is 0 Å². The number of carboxylic acids is 1. The standard InChI is InChI=1S/C24H16FN5O4/c25-14-9-17-19(21-12(14)5-7-34-21)18(13-2-1-6-27-22(13)31)20(23(32)33)30(17)10-11-3-4-15-16(8-11)29-24(26)28-15/h1-9H,10H2,(H,27,31)(H,32,33)(H3,26,28,29). The molecule has 0 aliphatic carbocycles. The van der Waals surface area contributed by atoms with E-state index in [1.54, 1.807) is 24.3 Å². The van der Waals surface area contributed by atoms with E-state index in [9.17, 15) is 19.1 Å². The molecule has 0 saturated carbocycles. The lowest BCUT2D eigenvalue weighted by molar-refractivity contribution is 0.0687. The molecule has 10 heteroatoms. The van der Waals surface area contributed by atoms with E-state index in [-0.39, 0.29) is 40.3 Å². The van der Waals surface area contributed by atoms with Crippen LogP contribution in [0.4, 0.5) is 10.3 Å². The van der Waals surface area contributed by atoms with Crippen molar-refractivity contribution in [2.75, 3.05) is 5.73 Å². The highest BCUT2D eigenvalue weighted by molar-refractivity contribution is 6.17. The number of furan rings is 1. The normalized spacial score (nSPS) is 11.7. The summed E-state index contributed by atoms with van der Waals surface area (Å²) in [4.78, 5) is 35.0. The molecule has 168 valence electrons. The van der Waals surface area contributed by atoms with Crippen molar-refractivity contribution >= 4 is 44.8 Å². The van der Waals surface area contributed by atoms with E-state index in [1.807, 2.05) is 0 Å². The van der Waals surface area contributed by atoms with Gasteiger partial charge in [-0.15, -0.1) is 0 Å². The van der Waals surface area contributed by atoms with Crippen molar-refractivity contribution in [3.05, 3.63) is 82.4 Å². The maximum atomic E-state index is 15.0. The van der Waals surface area contributed by atoms with Crippen molar-refractivity contribution in [1.82, 2.24) is 19.5 Å². The smallest absolute Gasteiger partial charge is 0.353 e. The number of hydrogen-bond donors (Lipinski definition) is 4. The minimum Gasteiger partial charge on any atom is -0.477 e. The van der Waals surface area contributed by atoms with Gasteiger partial charge in [-0.2, -0.15) is 0 Å². The predicted octanol–water partition coefficient (Wildman–Crippen LogP) is 4.09. The van der Waals surface area contributed by atoms with Crippen LogP contribution in [0, 0.1) is 5.82 Å². The summed E-state index contributed by atoms with van der Waals surface area (Å²) in [5.74, 6) is -1.56. The summed E-state index contributed by atoms with van der Waals surface area (Å²) >= 11 is 0. The molecule has 9 nitrogen and oxygen atoms in total. The lowest BCUT2D eigenvalue weighted by Crippen LogP contribution is -2.13. The largest absolute Gasteiger partial charge is 0.477 e. The molecule has 34 heavy (non-hydrogen) atoms. The summed E-state index contributed by atoms with van der Waals surface area (Å²) in [6.45, 7) is 0.0867. The Hall–Kier alpha value is -4.86. The number of aromatic carboxylic acids is 1. The van der Waals surface area contributed by atoms with Crippen LogP contribution in [0.3, 0.4) is 0 Å². The van der Waals surface area contributed by atoms with Crippen LogP contribution in [0.15, 0.2) is 64.1 Å². The summed E-state index contributed by atoms with van der Waals surface area (Å²) in [5.41, 5.74) is 7.96. The highest BCUT2D eigenvalue weighted by atomic mass is 19.1. The van der Waals surface area contributed by atoms with Crippen LogP contribution in [-0.2, 0) is 6.54 Å². The van der Waals surface area contributed by atoms with Crippen LogP contribution in [0.25, 0.3) is 44.0 Å². The molecular weight excluding hydrogens is 441 g/mol. The van der Waals surface area contributed by atoms with Crippen molar-refractivity contribution in [2.45, 2.75) is 6.54 Å². The lowest BCUT2D eigenvalue weighted by Gasteiger charge is -2.10. The minimum absolute atomic E-state index is 0.0867. The third-order valence-electron chi connectivity index (χ3n) is 5.91. The van der Waals surface area contributed by atoms with Gasteiger partial charge in [-0.1, -0.05) is 6.07 Å². The summed E-state index contributed by atoms with van der Waals surface area (Å²) in [5, 5.41) is 10.8. The van der Waals surface area contributed by atoms with Crippen molar-refractivity contribution in [2.24, 2.45) is 0 Å². The monoisotopic (exact) mass is 457 g/mol. The number of nitrogens with two attached hydrogens (primary N) is 1. The van der Waals surface area contributed by atoms with Gasteiger partial charge < -0.3 is 29.8 Å². The van der Waals surface area contributed by atoms with Gasteiger partial charge in [0.05, 0.1) is 39.1 Å². The fraction of sp³-hybridized carbons (Fsp3) is 0.0417. The Kier molecular flexibility index (Phi) is 4.12. The van der Waals surface area contributed by atoms with Gasteiger partial charge in [0.15, 0.2) is 5.95 Å². The number of nitrogens with zero attached hydrogens (tertiary/aromatic N) is 2. The number of pyridine rings is 1. The number of halogens is 1. The number of rotatable bonds is 4. The van der Waals surface area contributed by atoms with Gasteiger partial charge in [0.25, 0.3) is 5.56 Å². The van der Waals surface area contributed by atoms with Crippen molar-refractivity contribution in [1.29, 1.82) is 0 Å². The number of nitrogen functional groups attached to an aromatic ring is 1. The number of carboxylic acid groups (broad SMARTS) is 1. The Morgan fingerprint density at radius 1 is 1.24 bits per heavy atom. The van der Waals surface area contributed by atoms with E-state index in [2.05, 4.69) is 15.0 Å². The van der Waals surface area contributed by atoms with Crippen molar-refractivity contribution < 1.29 is 18.7 Å². The predicted molar refractivity (Wildman–Crippen MR) is 124 cm³/mol. The number of carbonyl (C=O) groups is 1. The van der Waals surface area contributed by atoms with Crippen LogP contribution in [0.2, 0.25) is 0 Å². The quantitative estimate of drug-likeness (QED) is 0.314. The molecule has 0 saturated heterocycles. The van der Waals surface area contributed by atoms with Crippen LogP contribution in [0.1, 0.15) is 16.1 Å². The number of aromatic amines is 2. The number of hydrogen-bond acceptors (Lipinski definition) is 5. The summed E-state index contributed by atoms with van der Waals surface area (Å²) in [6.07, 6.45) is 2.79. The van der Waals surface area contributed by atoms with Crippen molar-refractivity contribution in [3.63, 3.8) is 0 Å². The summed E-state index contributed by atoms with van der Waals surface area (Å²) in [6, 6.07) is 11.2. The Labute approximate surface area is 189 Å². The number of fused-ring (bicyclic) bond motifs is 4. The first-order valence-electron chi connectivity index (χ1n) is 10.3. The van der Waals surface area contributed by atoms with Gasteiger partial charge in [-0.05, 0) is 42.0 Å². The Morgan fingerprint density at radius 3 is 2.88 bits per heavy atom. The zero-order valence-electron chi connectivity index (χ0n) is 17.4. The number of anilines is 1. The molecule has 6 rings (SSSR count). The van der Waals surface area contributed by atoms with Crippen LogP contribution >= 0.6 is 0 Å². The Bertz CT molecular complexity index is 1820. The first-order chi connectivity index (χ1) is 16.4. The SMILES string of the molecule is Nc1nc2ccc(Cn3c(C(=O)O)c(-c4ccc[nH]c4=O)c4c5occc5c(F)cc43)cc2[nH]1. The average molecular weight is 457 g/mol. The first-order valence-corrected chi connectivity index (χ1v) is 10.3. The number of nitrogens with one attached hydrogen (secondary N) is 2. The number of benzene rings is 2. The van der Waals surface area contributed by atoms with Gasteiger partial charge in [-0.25, -0.2) is 14.2 Å². The Balaban J connectivity index is 1.71. The molecule has 6 aromatic rings. The minimum atomic E-state index is -1.26. The first kappa shape index (κ1) is 19.8. The zero-order chi connectivity index (χ0) is 23.6. The second-order valence-electron chi connectivity index (χ2n) is 7.92. The second kappa shape index (κ2) is 7.07. The fourth-order valence-corrected chi connectivity index (χ4v) is 4.53. The average Bonchev–Trinajstić information content (AvgIpc) is 3.49. The molecule has 4 heterocycles. The highest BCUT2D eigenvalue weighted by Crippen LogP contribution is 2.40. The molecule has 0 aliphatic heterocycles. The van der Waals surface area contributed by atoms with E-state index in [4.69, 9.17) is 10.2 Å². The molecule has 0 spiro atoms. The maximum absolute atomic E-state index is 15.0. The molecule has 4 aromatic heterocycles. The molecule has 0 amide bonds. The summed E-state index contributed by atoms with van der Waals surface area (Å²) < 4.78 is 22.1. The summed E-state index contributed by atoms with van der Waals surface area (Å²) in [7, 11) is 0. The van der Waals surface area contributed by atoms with E-state index in [1.165, 1.54) is 35.2 Å². The topological polar surface area (TPSA) is 143 Å². The third kappa shape index (κ3) is 2.82. The third-order valence-corrected chi connectivity index (χ3v) is 5.91. The molecular formula is C24H16FN5O4. The highest BCUT2D eigenvalue weighted by Gasteiger charge is 2.28. The van der Waals surface area contributed by atoms with Gasteiger partial charge in [0.2, 0.25) is 0 Å².